The van der Waals surface area contributed by atoms with Gasteiger partial charge in [-0.2, -0.15) is 0 Å². The number of carbonyl (C=O) groups excluding carboxylic acids is 1. The number of amides is 1. The van der Waals surface area contributed by atoms with Gasteiger partial charge in [-0.15, -0.1) is 0 Å². The third kappa shape index (κ3) is 4.01. The van der Waals surface area contributed by atoms with E-state index in [0.29, 0.717) is 28.7 Å². The lowest BCUT2D eigenvalue weighted by Gasteiger charge is -2.25. The molecule has 1 atom stereocenters. The molecule has 2 aromatic carbocycles. The molecule has 0 bridgehead atoms. The van der Waals surface area contributed by atoms with Gasteiger partial charge in [0.15, 0.2) is 23.0 Å². The molecule has 2 heterocycles. The van der Waals surface area contributed by atoms with Gasteiger partial charge in [-0.1, -0.05) is 24.0 Å². The van der Waals surface area contributed by atoms with Gasteiger partial charge >= 0.3 is 0 Å². The lowest BCUT2D eigenvalue weighted by molar-refractivity contribution is -0.130. The molecule has 0 spiro atoms. The van der Waals surface area contributed by atoms with E-state index in [1.54, 1.807) is 30.3 Å². The number of rotatable bonds is 4. The Morgan fingerprint density at radius 3 is 2.78 bits per heavy atom. The maximum absolute atomic E-state index is 12.1. The first-order valence-electron chi connectivity index (χ1n) is 8.44. The van der Waals surface area contributed by atoms with Crippen LogP contribution in [0.3, 0.4) is 0 Å². The van der Waals surface area contributed by atoms with Crippen LogP contribution in [-0.4, -0.2) is 38.6 Å². The molecule has 0 saturated heterocycles. The normalized spacial score (nSPS) is 16.1. The third-order valence-electron chi connectivity index (χ3n) is 3.93. The summed E-state index contributed by atoms with van der Waals surface area (Å²) in [5.74, 6) is 8.62. The van der Waals surface area contributed by atoms with Crippen LogP contribution < -0.4 is 29.0 Å². The molecule has 4 rings (SSSR count). The van der Waals surface area contributed by atoms with Crippen molar-refractivity contribution in [1.82, 2.24) is 5.32 Å². The van der Waals surface area contributed by atoms with Crippen LogP contribution in [0.2, 0.25) is 0 Å². The summed E-state index contributed by atoms with van der Waals surface area (Å²) in [6.07, 6.45) is -0.688. The molecule has 1 N–H and O–H groups in total. The first-order chi connectivity index (χ1) is 13.3. The second-order valence-electron chi connectivity index (χ2n) is 5.74. The van der Waals surface area contributed by atoms with Crippen molar-refractivity contribution >= 4 is 5.91 Å². The van der Waals surface area contributed by atoms with Gasteiger partial charge in [0.05, 0.1) is 6.54 Å². The Kier molecular flexibility index (Phi) is 4.88. The lowest BCUT2D eigenvalue weighted by Crippen LogP contribution is -2.44. The molecule has 0 fully saturated rings. The molecule has 138 valence electrons. The van der Waals surface area contributed by atoms with E-state index in [1.165, 1.54) is 0 Å². The lowest BCUT2D eigenvalue weighted by atomic mass is 10.2. The maximum Gasteiger partial charge on any atom is 0.265 e. The Morgan fingerprint density at radius 1 is 1.04 bits per heavy atom. The number of para-hydroxylation sites is 2. The average Bonchev–Trinajstić information content (AvgIpc) is 3.18. The third-order valence-corrected chi connectivity index (χ3v) is 3.93. The van der Waals surface area contributed by atoms with Gasteiger partial charge < -0.3 is 29.0 Å². The summed E-state index contributed by atoms with van der Waals surface area (Å²) in [5.41, 5.74) is 0. The molecule has 2 aliphatic rings. The standard InChI is InChI=1S/C20H17NO6/c22-20(19-12-24-15-5-1-2-6-17(15)27-19)21-9-3-4-10-23-14-7-8-16-18(11-14)26-13-25-16/h1-2,5-8,11,19H,9-10,12-13H2,(H,21,22)/t19-/m1/s1. The smallest absolute Gasteiger partial charge is 0.265 e. The summed E-state index contributed by atoms with van der Waals surface area (Å²) < 4.78 is 27.2. The summed E-state index contributed by atoms with van der Waals surface area (Å²) in [7, 11) is 0. The van der Waals surface area contributed by atoms with E-state index >= 15 is 0 Å². The summed E-state index contributed by atoms with van der Waals surface area (Å²) in [6.45, 7) is 0.792. The Morgan fingerprint density at radius 2 is 1.85 bits per heavy atom. The number of fused-ring (bicyclic) bond motifs is 2. The highest BCUT2D eigenvalue weighted by Gasteiger charge is 2.26. The number of nitrogens with one attached hydrogen (secondary N) is 1. The SMILES string of the molecule is O=C(NCC#CCOc1ccc2c(c1)OCO2)[C@H]1COc2ccccc2O1. The van der Waals surface area contributed by atoms with E-state index < -0.39 is 6.10 Å². The Labute approximate surface area is 156 Å². The highest BCUT2D eigenvalue weighted by atomic mass is 16.7. The predicted molar refractivity (Wildman–Crippen MR) is 95.2 cm³/mol. The molecule has 0 saturated carbocycles. The van der Waals surface area contributed by atoms with Gasteiger partial charge in [0.1, 0.15) is 19.0 Å². The van der Waals surface area contributed by atoms with Crippen molar-refractivity contribution in [2.24, 2.45) is 0 Å². The average molecular weight is 367 g/mol. The number of hydrogen-bond donors (Lipinski definition) is 1. The topological polar surface area (TPSA) is 75.3 Å². The van der Waals surface area contributed by atoms with Crippen molar-refractivity contribution < 1.29 is 28.5 Å². The zero-order valence-electron chi connectivity index (χ0n) is 14.4. The van der Waals surface area contributed by atoms with Crippen LogP contribution >= 0.6 is 0 Å². The molecule has 2 aliphatic heterocycles. The first kappa shape index (κ1) is 16.9. The van der Waals surface area contributed by atoms with Gasteiger partial charge in [-0.3, -0.25) is 4.79 Å². The second kappa shape index (κ2) is 7.79. The van der Waals surface area contributed by atoms with Crippen molar-refractivity contribution in [2.75, 3.05) is 26.6 Å². The fraction of sp³-hybridized carbons (Fsp3) is 0.250. The molecule has 27 heavy (non-hydrogen) atoms. The van der Waals surface area contributed by atoms with E-state index in [-0.39, 0.29) is 32.5 Å². The molecule has 0 radical (unpaired) electrons. The molecule has 7 nitrogen and oxygen atoms in total. The van der Waals surface area contributed by atoms with E-state index in [0.717, 1.165) is 0 Å². The van der Waals surface area contributed by atoms with Crippen molar-refractivity contribution in [3.05, 3.63) is 42.5 Å². The molecule has 7 heteroatoms. The summed E-state index contributed by atoms with van der Waals surface area (Å²) in [4.78, 5) is 12.1. The minimum Gasteiger partial charge on any atom is -0.485 e. The van der Waals surface area contributed by atoms with E-state index in [1.807, 2.05) is 12.1 Å². The number of benzene rings is 2. The molecular weight excluding hydrogens is 350 g/mol. The van der Waals surface area contributed by atoms with E-state index in [9.17, 15) is 4.79 Å². The number of carbonyl (C=O) groups is 1. The largest absolute Gasteiger partial charge is 0.485 e. The van der Waals surface area contributed by atoms with E-state index in [2.05, 4.69) is 17.2 Å². The molecule has 0 aromatic heterocycles. The minimum atomic E-state index is -0.688. The Hall–Kier alpha value is -3.53. The fourth-order valence-corrected chi connectivity index (χ4v) is 2.59. The molecule has 0 aliphatic carbocycles. The summed E-state index contributed by atoms with van der Waals surface area (Å²) in [6, 6.07) is 12.6. The Balaban J connectivity index is 1.20. The van der Waals surface area contributed by atoms with Crippen LogP contribution in [0.15, 0.2) is 42.5 Å². The van der Waals surface area contributed by atoms with E-state index in [4.69, 9.17) is 23.7 Å². The van der Waals surface area contributed by atoms with Crippen LogP contribution in [0.1, 0.15) is 0 Å². The van der Waals surface area contributed by atoms with Gasteiger partial charge in [0.2, 0.25) is 12.9 Å². The highest BCUT2D eigenvalue weighted by Crippen LogP contribution is 2.35. The van der Waals surface area contributed by atoms with Crippen molar-refractivity contribution in [3.63, 3.8) is 0 Å². The van der Waals surface area contributed by atoms with Crippen LogP contribution in [0.5, 0.6) is 28.7 Å². The monoisotopic (exact) mass is 367 g/mol. The van der Waals surface area contributed by atoms with Gasteiger partial charge in [-0.05, 0) is 24.3 Å². The number of hydrogen-bond acceptors (Lipinski definition) is 6. The highest BCUT2D eigenvalue weighted by molar-refractivity contribution is 5.82. The zero-order chi connectivity index (χ0) is 18.5. The summed E-state index contributed by atoms with van der Waals surface area (Å²) in [5, 5.41) is 2.71. The second-order valence-corrected chi connectivity index (χ2v) is 5.74. The van der Waals surface area contributed by atoms with Crippen molar-refractivity contribution in [2.45, 2.75) is 6.10 Å². The summed E-state index contributed by atoms with van der Waals surface area (Å²) >= 11 is 0. The van der Waals surface area contributed by atoms with Crippen molar-refractivity contribution in [3.8, 4) is 40.6 Å². The molecular formula is C20H17NO6. The van der Waals surface area contributed by atoms with Crippen LogP contribution in [0, 0.1) is 11.8 Å². The fourth-order valence-electron chi connectivity index (χ4n) is 2.59. The van der Waals surface area contributed by atoms with Crippen LogP contribution in [0.4, 0.5) is 0 Å². The predicted octanol–water partition coefficient (Wildman–Crippen LogP) is 1.75. The number of ether oxygens (including phenoxy) is 5. The maximum atomic E-state index is 12.1. The van der Waals surface area contributed by atoms with Crippen LogP contribution in [-0.2, 0) is 4.79 Å². The van der Waals surface area contributed by atoms with Crippen molar-refractivity contribution in [1.29, 1.82) is 0 Å². The Bertz CT molecular complexity index is 901. The minimum absolute atomic E-state index is 0.170. The zero-order valence-corrected chi connectivity index (χ0v) is 14.4. The molecule has 0 unspecified atom stereocenters. The van der Waals surface area contributed by atoms with Gasteiger partial charge in [0, 0.05) is 6.07 Å². The van der Waals surface area contributed by atoms with Gasteiger partial charge in [0.25, 0.3) is 5.91 Å². The molecule has 2 aromatic rings. The molecule has 1 amide bonds. The quantitative estimate of drug-likeness (QED) is 0.830. The first-order valence-corrected chi connectivity index (χ1v) is 8.44. The van der Waals surface area contributed by atoms with Crippen LogP contribution in [0.25, 0.3) is 0 Å². The van der Waals surface area contributed by atoms with Gasteiger partial charge in [-0.25, -0.2) is 0 Å².